The van der Waals surface area contributed by atoms with Crippen molar-refractivity contribution in [2.45, 2.75) is 22.9 Å². The van der Waals surface area contributed by atoms with Crippen molar-refractivity contribution in [1.29, 1.82) is 0 Å². The minimum atomic E-state index is -0.475. The Balaban J connectivity index is 1.94. The molecule has 0 aliphatic carbocycles. The fourth-order valence-corrected chi connectivity index (χ4v) is 4.41. The molecule has 0 fully saturated rings. The van der Waals surface area contributed by atoms with Crippen LogP contribution in [0.15, 0.2) is 27.6 Å². The molecule has 11 heteroatoms. The number of carbonyl (C=O) groups is 1. The Kier molecular flexibility index (Phi) is 5.23. The minimum Gasteiger partial charge on any atom is -0.374 e. The summed E-state index contributed by atoms with van der Waals surface area (Å²) in [4.78, 5) is 12.6. The van der Waals surface area contributed by atoms with E-state index in [9.17, 15) is 4.79 Å². The first-order valence-electron chi connectivity index (χ1n) is 7.08. The molecule has 0 saturated carbocycles. The number of nitrogens with zero attached hydrogens (tertiary/aromatic N) is 4. The molecule has 0 radical (unpaired) electrons. The van der Waals surface area contributed by atoms with E-state index in [0.29, 0.717) is 26.6 Å². The van der Waals surface area contributed by atoms with Crippen molar-refractivity contribution in [3.8, 4) is 0 Å². The molecule has 1 aromatic heterocycles. The van der Waals surface area contributed by atoms with Crippen molar-refractivity contribution >= 4 is 68.8 Å². The molecule has 2 heterocycles. The van der Waals surface area contributed by atoms with Gasteiger partial charge in [-0.15, -0.1) is 10.2 Å². The van der Waals surface area contributed by atoms with Gasteiger partial charge in [-0.25, -0.2) is 0 Å². The molecule has 7 nitrogen and oxygen atoms in total. The number of hydrogen-bond acceptors (Lipinski definition) is 8. The van der Waals surface area contributed by atoms with Gasteiger partial charge in [0.25, 0.3) is 5.91 Å². The summed E-state index contributed by atoms with van der Waals surface area (Å²) >= 11 is 13.5. The van der Waals surface area contributed by atoms with E-state index >= 15 is 0 Å². The van der Waals surface area contributed by atoms with Gasteiger partial charge in [-0.2, -0.15) is 10.1 Å². The van der Waals surface area contributed by atoms with Gasteiger partial charge < -0.3 is 11.5 Å². The van der Waals surface area contributed by atoms with Crippen molar-refractivity contribution in [2.75, 3.05) is 5.73 Å². The van der Waals surface area contributed by atoms with Crippen molar-refractivity contribution in [3.05, 3.63) is 34.3 Å². The highest BCUT2D eigenvalue weighted by molar-refractivity contribution is 8.02. The lowest BCUT2D eigenvalue weighted by Gasteiger charge is -2.27. The zero-order valence-electron chi connectivity index (χ0n) is 13.0. The van der Waals surface area contributed by atoms with E-state index < -0.39 is 5.25 Å². The van der Waals surface area contributed by atoms with Crippen LogP contribution in [0.2, 0.25) is 5.02 Å². The van der Waals surface area contributed by atoms with Gasteiger partial charge in [-0.05, 0) is 42.4 Å². The number of carbonyl (C=O) groups excluding carboxylic acids is 1. The van der Waals surface area contributed by atoms with Crippen molar-refractivity contribution in [2.24, 2.45) is 10.8 Å². The van der Waals surface area contributed by atoms with Crippen LogP contribution in [0.1, 0.15) is 17.5 Å². The number of amides is 1. The summed E-state index contributed by atoms with van der Waals surface area (Å²) in [5.74, 6) is -0.291. The lowest BCUT2D eigenvalue weighted by molar-refractivity contribution is -0.127. The van der Waals surface area contributed by atoms with Crippen LogP contribution in [-0.2, 0) is 4.79 Å². The topological polar surface area (TPSA) is 110 Å². The molecule has 1 atom stereocenters. The lowest BCUT2D eigenvalue weighted by Crippen LogP contribution is -2.46. The number of thioether (sulfide) groups is 1. The van der Waals surface area contributed by atoms with Gasteiger partial charge in [0.15, 0.2) is 9.45 Å². The van der Waals surface area contributed by atoms with Gasteiger partial charge in [-0.1, -0.05) is 40.8 Å². The SMILES string of the molecule is Cc1cc(C2=NN(C(N)=S)C(=O)C(Sc3nnc(N)s3)C2)ccc1Cl. The number of aromatic nitrogens is 2. The first-order chi connectivity index (χ1) is 11.8. The quantitative estimate of drug-likeness (QED) is 0.744. The van der Waals surface area contributed by atoms with E-state index in [1.54, 1.807) is 6.07 Å². The van der Waals surface area contributed by atoms with Gasteiger partial charge in [0, 0.05) is 11.4 Å². The fourth-order valence-electron chi connectivity index (χ4n) is 2.25. The van der Waals surface area contributed by atoms with Crippen LogP contribution in [0, 0.1) is 6.92 Å². The van der Waals surface area contributed by atoms with Crippen LogP contribution >= 0.6 is 46.9 Å². The molecular formula is C14H13ClN6OS3. The van der Waals surface area contributed by atoms with Gasteiger partial charge in [0.05, 0.1) is 11.0 Å². The fraction of sp³-hybridized carbons (Fsp3) is 0.214. The molecule has 3 rings (SSSR count). The minimum absolute atomic E-state index is 0.102. The van der Waals surface area contributed by atoms with Crippen LogP contribution in [0.4, 0.5) is 5.13 Å². The summed E-state index contributed by atoms with van der Waals surface area (Å²) in [5.41, 5.74) is 13.7. The average Bonchev–Trinajstić information content (AvgIpc) is 2.97. The third kappa shape index (κ3) is 3.92. The molecule has 1 amide bonds. The van der Waals surface area contributed by atoms with Crippen LogP contribution in [0.3, 0.4) is 0 Å². The molecule has 2 aromatic rings. The number of nitrogen functional groups attached to an aromatic ring is 1. The van der Waals surface area contributed by atoms with E-state index in [0.717, 1.165) is 16.1 Å². The summed E-state index contributed by atoms with van der Waals surface area (Å²) < 4.78 is 0.604. The average molecular weight is 413 g/mol. The monoisotopic (exact) mass is 412 g/mol. The highest BCUT2D eigenvalue weighted by atomic mass is 35.5. The van der Waals surface area contributed by atoms with Gasteiger partial charge in [0.2, 0.25) is 5.13 Å². The lowest BCUT2D eigenvalue weighted by atomic mass is 10.0. The maximum absolute atomic E-state index is 12.6. The maximum Gasteiger partial charge on any atom is 0.263 e. The number of benzene rings is 1. The van der Waals surface area contributed by atoms with E-state index in [1.807, 2.05) is 19.1 Å². The van der Waals surface area contributed by atoms with E-state index in [2.05, 4.69) is 15.3 Å². The second-order valence-corrected chi connectivity index (χ2v) is 8.50. The summed E-state index contributed by atoms with van der Waals surface area (Å²) in [7, 11) is 0. The molecule has 1 unspecified atom stereocenters. The Hall–Kier alpha value is -1.75. The number of hydrogen-bond donors (Lipinski definition) is 2. The number of thiocarbonyl (C=S) groups is 1. The predicted molar refractivity (Wildman–Crippen MR) is 105 cm³/mol. The zero-order valence-corrected chi connectivity index (χ0v) is 16.2. The summed E-state index contributed by atoms with van der Waals surface area (Å²) in [5, 5.41) is 13.5. The van der Waals surface area contributed by atoms with Gasteiger partial charge in [-0.3, -0.25) is 4.79 Å². The third-order valence-electron chi connectivity index (χ3n) is 3.45. The summed E-state index contributed by atoms with van der Waals surface area (Å²) in [6.07, 6.45) is 0.406. The maximum atomic E-state index is 12.6. The van der Waals surface area contributed by atoms with Gasteiger partial charge in [0.1, 0.15) is 0 Å². The van der Waals surface area contributed by atoms with Crippen molar-refractivity contribution in [3.63, 3.8) is 0 Å². The Labute approximate surface area is 162 Å². The van der Waals surface area contributed by atoms with Gasteiger partial charge >= 0.3 is 0 Å². The number of nitrogens with two attached hydrogens (primary N) is 2. The second-order valence-electron chi connectivity index (χ2n) is 5.22. The largest absolute Gasteiger partial charge is 0.374 e. The smallest absolute Gasteiger partial charge is 0.263 e. The second kappa shape index (κ2) is 7.24. The molecule has 0 bridgehead atoms. The van der Waals surface area contributed by atoms with E-state index in [4.69, 9.17) is 35.3 Å². The van der Waals surface area contributed by atoms with Crippen LogP contribution < -0.4 is 11.5 Å². The third-order valence-corrected chi connectivity index (χ3v) is 6.07. The molecule has 1 aliphatic rings. The summed E-state index contributed by atoms with van der Waals surface area (Å²) in [6.45, 7) is 1.90. The normalized spacial score (nSPS) is 17.5. The molecule has 1 aromatic carbocycles. The number of aryl methyl sites for hydroxylation is 1. The van der Waals surface area contributed by atoms with Crippen molar-refractivity contribution in [1.82, 2.24) is 15.2 Å². The molecule has 130 valence electrons. The molecule has 4 N–H and O–H groups in total. The summed E-state index contributed by atoms with van der Waals surface area (Å²) in [6, 6.07) is 5.57. The first-order valence-corrected chi connectivity index (χ1v) is 9.56. The Bertz CT molecular complexity index is 883. The standard InChI is InChI=1S/C14H13ClN6OS3/c1-6-4-7(2-3-8(6)15)9-5-10(11(22)21(20-9)13(17)23)24-14-19-18-12(16)25-14/h2-4,10H,5H2,1H3,(H2,16,18)(H2,17,23). The molecule has 1 aliphatic heterocycles. The number of halogens is 1. The Morgan fingerprint density at radius 3 is 2.84 bits per heavy atom. The molecule has 25 heavy (non-hydrogen) atoms. The first kappa shape index (κ1) is 18.1. The predicted octanol–water partition coefficient (Wildman–Crippen LogP) is 2.42. The van der Waals surface area contributed by atoms with Crippen LogP contribution in [0.5, 0.6) is 0 Å². The Morgan fingerprint density at radius 2 is 2.24 bits per heavy atom. The van der Waals surface area contributed by atoms with Crippen LogP contribution in [-0.4, -0.2) is 37.2 Å². The highest BCUT2D eigenvalue weighted by Crippen LogP contribution is 2.33. The van der Waals surface area contributed by atoms with Crippen LogP contribution in [0.25, 0.3) is 0 Å². The molecule has 0 spiro atoms. The highest BCUT2D eigenvalue weighted by Gasteiger charge is 2.34. The van der Waals surface area contributed by atoms with E-state index in [1.165, 1.54) is 23.1 Å². The number of anilines is 1. The zero-order chi connectivity index (χ0) is 18.1. The van der Waals surface area contributed by atoms with Crippen molar-refractivity contribution < 1.29 is 4.79 Å². The molecular weight excluding hydrogens is 400 g/mol. The Morgan fingerprint density at radius 1 is 1.48 bits per heavy atom. The number of hydrazone groups is 1. The van der Waals surface area contributed by atoms with E-state index in [-0.39, 0.29) is 11.0 Å². The number of rotatable bonds is 3. The molecule has 0 saturated heterocycles.